The molecule has 180 valence electrons. The molecule has 8 nitrogen and oxygen atoms in total. The summed E-state index contributed by atoms with van der Waals surface area (Å²) in [5, 5.41) is 17.4. The highest BCUT2D eigenvalue weighted by atomic mass is 79.9. The van der Waals surface area contributed by atoms with Gasteiger partial charge >= 0.3 is 12.1 Å². The molecule has 2 heterocycles. The van der Waals surface area contributed by atoms with Gasteiger partial charge < -0.3 is 9.84 Å². The van der Waals surface area contributed by atoms with E-state index in [0.29, 0.717) is 29.3 Å². The molecule has 0 saturated heterocycles. The number of halogens is 1. The lowest BCUT2D eigenvalue weighted by molar-refractivity contribution is -0.137. The average molecular weight is 529 g/mol. The predicted octanol–water partition coefficient (Wildman–Crippen LogP) is 5.99. The molecule has 0 aliphatic rings. The van der Waals surface area contributed by atoms with Gasteiger partial charge in [0.2, 0.25) is 0 Å². The molecule has 3 rings (SSSR count). The monoisotopic (exact) mass is 528 g/mol. The van der Waals surface area contributed by atoms with E-state index in [1.54, 1.807) is 37.7 Å². The molecule has 2 aromatic heterocycles. The number of aryl methyl sites for hydroxylation is 2. The molecular formula is C25H29BrN4O4. The van der Waals surface area contributed by atoms with Gasteiger partial charge in [0, 0.05) is 28.7 Å². The van der Waals surface area contributed by atoms with E-state index in [0.717, 1.165) is 15.6 Å². The maximum atomic E-state index is 12.8. The Morgan fingerprint density at radius 1 is 1.24 bits per heavy atom. The number of hydrogen-bond acceptors (Lipinski definition) is 5. The lowest BCUT2D eigenvalue weighted by Crippen LogP contribution is -2.28. The number of aromatic nitrogens is 3. The van der Waals surface area contributed by atoms with Crippen LogP contribution in [0.2, 0.25) is 0 Å². The molecule has 3 aromatic rings. The molecule has 0 aliphatic carbocycles. The fraction of sp³-hybridized carbons (Fsp3) is 0.360. The third kappa shape index (κ3) is 6.02. The topological polar surface area (TPSA) is 106 Å². The van der Waals surface area contributed by atoms with Crippen LogP contribution in [0.5, 0.6) is 0 Å². The Kier molecular flexibility index (Phi) is 7.76. The molecule has 1 aromatic carbocycles. The minimum atomic E-state index is -0.966. The molecule has 34 heavy (non-hydrogen) atoms. The summed E-state index contributed by atoms with van der Waals surface area (Å²) in [4.78, 5) is 29.2. The quantitative estimate of drug-likeness (QED) is 0.390. The molecule has 0 spiro atoms. The number of pyridine rings is 1. The minimum absolute atomic E-state index is 0.194. The summed E-state index contributed by atoms with van der Waals surface area (Å²) in [6.45, 7) is 9.62. The summed E-state index contributed by atoms with van der Waals surface area (Å²) in [7, 11) is 0. The molecule has 0 bridgehead atoms. The van der Waals surface area contributed by atoms with E-state index in [1.165, 1.54) is 0 Å². The molecule has 0 fully saturated rings. The van der Waals surface area contributed by atoms with Crippen molar-refractivity contribution >= 4 is 33.8 Å². The first-order chi connectivity index (χ1) is 16.0. The van der Waals surface area contributed by atoms with Crippen LogP contribution in [0.15, 0.2) is 47.1 Å². The van der Waals surface area contributed by atoms with Gasteiger partial charge in [0.05, 0.1) is 12.1 Å². The number of anilines is 1. The van der Waals surface area contributed by atoms with Gasteiger partial charge in [0.1, 0.15) is 17.1 Å². The van der Waals surface area contributed by atoms with E-state index in [1.807, 2.05) is 44.2 Å². The minimum Gasteiger partial charge on any atom is -0.481 e. The van der Waals surface area contributed by atoms with Gasteiger partial charge in [-0.05, 0) is 70.0 Å². The Bertz CT molecular complexity index is 1190. The summed E-state index contributed by atoms with van der Waals surface area (Å²) in [5.74, 6) is -1.16. The first kappa shape index (κ1) is 25.4. The van der Waals surface area contributed by atoms with E-state index in [2.05, 4.69) is 26.2 Å². The van der Waals surface area contributed by atoms with Crippen LogP contribution < -0.4 is 5.32 Å². The number of benzene rings is 1. The van der Waals surface area contributed by atoms with Crippen molar-refractivity contribution in [2.45, 2.75) is 59.1 Å². The summed E-state index contributed by atoms with van der Waals surface area (Å²) in [5.41, 5.74) is 2.72. The number of carboxylic acid groups (broad SMARTS) is 1. The second kappa shape index (κ2) is 10.4. The number of carboxylic acids is 1. The van der Waals surface area contributed by atoms with E-state index in [9.17, 15) is 14.7 Å². The van der Waals surface area contributed by atoms with E-state index in [-0.39, 0.29) is 6.42 Å². The second-order valence-electron chi connectivity index (χ2n) is 8.92. The normalized spacial score (nSPS) is 12.3. The zero-order valence-corrected chi connectivity index (χ0v) is 21.5. The number of amides is 1. The second-order valence-corrected chi connectivity index (χ2v) is 9.84. The molecule has 0 radical (unpaired) electrons. The van der Waals surface area contributed by atoms with Gasteiger partial charge in [0.15, 0.2) is 0 Å². The van der Waals surface area contributed by atoms with Crippen LogP contribution >= 0.6 is 15.9 Å². The highest BCUT2D eigenvalue weighted by molar-refractivity contribution is 9.10. The number of rotatable bonds is 7. The van der Waals surface area contributed by atoms with Crippen molar-refractivity contribution in [3.8, 4) is 11.4 Å². The highest BCUT2D eigenvalue weighted by Gasteiger charge is 2.32. The van der Waals surface area contributed by atoms with Crippen LogP contribution in [0.1, 0.15) is 56.7 Å². The van der Waals surface area contributed by atoms with Crippen molar-refractivity contribution in [2.75, 3.05) is 5.32 Å². The van der Waals surface area contributed by atoms with Gasteiger partial charge in [-0.1, -0.05) is 28.1 Å². The Balaban J connectivity index is 2.28. The van der Waals surface area contributed by atoms with Crippen molar-refractivity contribution in [1.29, 1.82) is 0 Å². The Hall–Kier alpha value is -3.20. The number of nitrogens with zero attached hydrogens (tertiary/aromatic N) is 3. The molecule has 0 saturated carbocycles. The fourth-order valence-corrected chi connectivity index (χ4v) is 4.31. The molecule has 1 atom stereocenters. The Morgan fingerprint density at radius 2 is 1.97 bits per heavy atom. The average Bonchev–Trinajstić information content (AvgIpc) is 3.09. The van der Waals surface area contributed by atoms with Crippen LogP contribution in [-0.2, 0) is 16.1 Å². The van der Waals surface area contributed by atoms with Gasteiger partial charge in [-0.15, -0.1) is 0 Å². The largest absolute Gasteiger partial charge is 0.481 e. The highest BCUT2D eigenvalue weighted by Crippen LogP contribution is 2.41. The Morgan fingerprint density at radius 3 is 2.53 bits per heavy atom. The Labute approximate surface area is 207 Å². The molecule has 9 heteroatoms. The number of aliphatic carboxylic acids is 1. The van der Waals surface area contributed by atoms with E-state index in [4.69, 9.17) is 9.84 Å². The third-order valence-corrected chi connectivity index (χ3v) is 5.64. The first-order valence-electron chi connectivity index (χ1n) is 11.0. The van der Waals surface area contributed by atoms with Gasteiger partial charge in [-0.3, -0.25) is 15.1 Å². The third-order valence-electron chi connectivity index (χ3n) is 5.15. The van der Waals surface area contributed by atoms with Gasteiger partial charge in [-0.2, -0.15) is 5.10 Å². The zero-order valence-electron chi connectivity index (χ0n) is 19.9. The maximum absolute atomic E-state index is 12.8. The molecule has 1 amide bonds. The predicted molar refractivity (Wildman–Crippen MR) is 134 cm³/mol. The zero-order chi connectivity index (χ0) is 25.0. The van der Waals surface area contributed by atoms with Crippen molar-refractivity contribution in [3.05, 3.63) is 63.8 Å². The number of carbonyl (C=O) groups excluding carboxylic acids is 1. The van der Waals surface area contributed by atoms with Crippen molar-refractivity contribution in [1.82, 2.24) is 14.8 Å². The van der Waals surface area contributed by atoms with Crippen LogP contribution in [-0.4, -0.2) is 37.5 Å². The number of carbonyl (C=O) groups is 2. The summed E-state index contributed by atoms with van der Waals surface area (Å²) >= 11 is 3.48. The number of ether oxygens (including phenoxy) is 1. The number of nitrogens with one attached hydrogen (secondary N) is 1. The SMILES string of the molecule is CCn1nc(-c2ccccn2)c(C(CC(=O)O)c2ccc(Br)cc2C)c1NC(=O)OC(C)(C)C. The van der Waals surface area contributed by atoms with Crippen molar-refractivity contribution in [2.24, 2.45) is 0 Å². The number of hydrogen-bond donors (Lipinski definition) is 2. The maximum Gasteiger partial charge on any atom is 0.413 e. The van der Waals surface area contributed by atoms with Crippen LogP contribution in [0.25, 0.3) is 11.4 Å². The van der Waals surface area contributed by atoms with E-state index >= 15 is 0 Å². The summed E-state index contributed by atoms with van der Waals surface area (Å²) in [6.07, 6.45) is 0.820. The lowest BCUT2D eigenvalue weighted by atomic mass is 9.85. The van der Waals surface area contributed by atoms with Gasteiger partial charge in [0.25, 0.3) is 0 Å². The molecular weight excluding hydrogens is 500 g/mol. The van der Waals surface area contributed by atoms with Crippen LogP contribution in [0.4, 0.5) is 10.6 Å². The van der Waals surface area contributed by atoms with Crippen LogP contribution in [0.3, 0.4) is 0 Å². The molecule has 1 unspecified atom stereocenters. The van der Waals surface area contributed by atoms with Crippen LogP contribution in [0, 0.1) is 6.92 Å². The van der Waals surface area contributed by atoms with Gasteiger partial charge in [-0.25, -0.2) is 9.48 Å². The first-order valence-corrected chi connectivity index (χ1v) is 11.8. The van der Waals surface area contributed by atoms with E-state index < -0.39 is 23.6 Å². The van der Waals surface area contributed by atoms with Crippen molar-refractivity contribution in [3.63, 3.8) is 0 Å². The molecule has 0 aliphatic heterocycles. The molecule has 2 N–H and O–H groups in total. The summed E-state index contributed by atoms with van der Waals surface area (Å²) < 4.78 is 8.03. The smallest absolute Gasteiger partial charge is 0.413 e. The standard InChI is InChI=1S/C25H29BrN4O4/c1-6-30-23(28-24(33)34-25(3,4)5)21(22(29-30)19-9-7-8-12-27-19)18(14-20(31)32)17-11-10-16(26)13-15(17)2/h7-13,18H,6,14H2,1-5H3,(H,28,33)(H,31,32). The fourth-order valence-electron chi connectivity index (χ4n) is 3.83. The van der Waals surface area contributed by atoms with Crippen molar-refractivity contribution < 1.29 is 19.4 Å². The lowest BCUT2D eigenvalue weighted by Gasteiger charge is -2.23. The summed E-state index contributed by atoms with van der Waals surface area (Å²) in [6, 6.07) is 11.2.